The lowest BCUT2D eigenvalue weighted by Crippen LogP contribution is -2.36. The van der Waals surface area contributed by atoms with Crippen molar-refractivity contribution in [1.82, 2.24) is 10.6 Å². The highest BCUT2D eigenvalue weighted by Crippen LogP contribution is 2.50. The molecule has 0 saturated carbocycles. The lowest BCUT2D eigenvalue weighted by atomic mass is 9.95. The zero-order valence-electron chi connectivity index (χ0n) is 27.7. The molecular formula is C35H43N3O8. The van der Waals surface area contributed by atoms with Gasteiger partial charge in [-0.25, -0.2) is 0 Å². The van der Waals surface area contributed by atoms with Crippen LogP contribution in [0.5, 0.6) is 28.7 Å². The quantitative estimate of drug-likeness (QED) is 0.257. The summed E-state index contributed by atoms with van der Waals surface area (Å²) in [5.41, 5.74) is 3.78. The fourth-order valence-electron chi connectivity index (χ4n) is 5.93. The number of benzene rings is 2. The molecule has 0 saturated heterocycles. The molecule has 2 amide bonds. The molecule has 1 aliphatic rings. The van der Waals surface area contributed by atoms with Crippen LogP contribution in [0.15, 0.2) is 47.3 Å². The summed E-state index contributed by atoms with van der Waals surface area (Å²) in [5, 5.41) is 9.10. The van der Waals surface area contributed by atoms with Gasteiger partial charge in [-0.05, 0) is 71.3 Å². The molecule has 46 heavy (non-hydrogen) atoms. The van der Waals surface area contributed by atoms with Gasteiger partial charge < -0.3 is 39.6 Å². The van der Waals surface area contributed by atoms with Crippen molar-refractivity contribution in [2.24, 2.45) is 5.92 Å². The van der Waals surface area contributed by atoms with E-state index in [0.717, 1.165) is 16.7 Å². The lowest BCUT2D eigenvalue weighted by molar-refractivity contribution is -0.121. The van der Waals surface area contributed by atoms with Crippen molar-refractivity contribution in [3.8, 4) is 39.9 Å². The molecule has 3 aromatic rings. The standard InChI is InChI=1S/C35H43N3O8/c1-19(2)33(22-10-14-28(42-4)29(16-22)43-5)38-31(41)18-36-26-13-11-23-24(17-27(26)40)25(37-20(3)39)12-9-21-15-30(44-6)34(45-7)35(46-8)32(21)23/h10-11,13-17,19,25,33H,9,12,18H2,1-8H3,(H,36,40)(H,37,39)(H,38,41)/t25-,33+/m0/s1. The number of hydrogen-bond donors (Lipinski definition) is 3. The number of nitrogens with one attached hydrogen (secondary N) is 3. The van der Waals surface area contributed by atoms with Gasteiger partial charge in [-0.3, -0.25) is 14.4 Å². The molecule has 0 spiro atoms. The predicted octanol–water partition coefficient (Wildman–Crippen LogP) is 4.81. The summed E-state index contributed by atoms with van der Waals surface area (Å²) >= 11 is 0. The van der Waals surface area contributed by atoms with Crippen LogP contribution in [0.3, 0.4) is 0 Å². The van der Waals surface area contributed by atoms with Gasteiger partial charge in [0, 0.05) is 12.5 Å². The van der Waals surface area contributed by atoms with E-state index in [2.05, 4.69) is 16.0 Å². The van der Waals surface area contributed by atoms with E-state index in [1.807, 2.05) is 38.1 Å². The third kappa shape index (κ3) is 7.14. The second-order valence-electron chi connectivity index (χ2n) is 11.4. The molecule has 0 radical (unpaired) electrons. The highest BCUT2D eigenvalue weighted by atomic mass is 16.5. The van der Waals surface area contributed by atoms with Crippen LogP contribution in [-0.2, 0) is 16.0 Å². The van der Waals surface area contributed by atoms with Crippen LogP contribution in [-0.4, -0.2) is 53.9 Å². The van der Waals surface area contributed by atoms with E-state index in [-0.39, 0.29) is 41.4 Å². The Balaban J connectivity index is 1.69. The molecule has 0 bridgehead atoms. The van der Waals surface area contributed by atoms with E-state index in [0.29, 0.717) is 52.7 Å². The van der Waals surface area contributed by atoms with Crippen LogP contribution < -0.4 is 45.1 Å². The molecule has 0 aliphatic heterocycles. The first-order valence-electron chi connectivity index (χ1n) is 15.1. The van der Waals surface area contributed by atoms with Crippen LogP contribution in [0.2, 0.25) is 0 Å². The fraction of sp³-hybridized carbons (Fsp3) is 0.400. The summed E-state index contributed by atoms with van der Waals surface area (Å²) in [6.45, 7) is 5.33. The minimum absolute atomic E-state index is 0.0682. The summed E-state index contributed by atoms with van der Waals surface area (Å²) in [5.74, 6) is 2.13. The molecule has 3 aromatic carbocycles. The summed E-state index contributed by atoms with van der Waals surface area (Å²) in [6.07, 6.45) is 1.13. The molecule has 11 nitrogen and oxygen atoms in total. The fourth-order valence-corrected chi connectivity index (χ4v) is 5.93. The Bertz CT molecular complexity index is 1660. The van der Waals surface area contributed by atoms with Crippen LogP contribution in [0.4, 0.5) is 5.69 Å². The molecule has 3 N–H and O–H groups in total. The molecule has 0 heterocycles. The van der Waals surface area contributed by atoms with Crippen molar-refractivity contribution in [2.75, 3.05) is 47.4 Å². The van der Waals surface area contributed by atoms with Gasteiger partial charge in [0.25, 0.3) is 0 Å². The number of amides is 2. The first-order valence-corrected chi connectivity index (χ1v) is 15.1. The Morgan fingerprint density at radius 3 is 2.15 bits per heavy atom. The number of hydrogen-bond acceptors (Lipinski definition) is 9. The van der Waals surface area contributed by atoms with Gasteiger partial charge in [-0.2, -0.15) is 0 Å². The van der Waals surface area contributed by atoms with E-state index >= 15 is 0 Å². The Kier molecular flexibility index (Phi) is 11.0. The Morgan fingerprint density at radius 1 is 0.848 bits per heavy atom. The average molecular weight is 634 g/mol. The Morgan fingerprint density at radius 2 is 1.54 bits per heavy atom. The van der Waals surface area contributed by atoms with Gasteiger partial charge in [0.15, 0.2) is 23.0 Å². The lowest BCUT2D eigenvalue weighted by Gasteiger charge is -2.24. The molecule has 0 aromatic heterocycles. The van der Waals surface area contributed by atoms with Crippen LogP contribution in [0.1, 0.15) is 56.0 Å². The number of fused-ring (bicyclic) bond motifs is 3. The molecule has 4 rings (SSSR count). The third-order valence-corrected chi connectivity index (χ3v) is 8.11. The number of aryl methyl sites for hydroxylation is 1. The molecule has 0 fully saturated rings. The third-order valence-electron chi connectivity index (χ3n) is 8.11. The van der Waals surface area contributed by atoms with Crippen LogP contribution >= 0.6 is 0 Å². The molecule has 2 atom stereocenters. The zero-order valence-corrected chi connectivity index (χ0v) is 27.7. The second-order valence-corrected chi connectivity index (χ2v) is 11.4. The molecule has 11 heteroatoms. The Hall–Kier alpha value is -4.93. The monoisotopic (exact) mass is 633 g/mol. The molecule has 0 unspecified atom stereocenters. The maximum atomic E-state index is 13.6. The van der Waals surface area contributed by atoms with Gasteiger partial charge in [0.2, 0.25) is 23.0 Å². The zero-order chi connectivity index (χ0) is 33.5. The molecule has 1 aliphatic carbocycles. The summed E-state index contributed by atoms with van der Waals surface area (Å²) in [7, 11) is 7.78. The summed E-state index contributed by atoms with van der Waals surface area (Å²) < 4.78 is 27.9. The number of ether oxygens (including phenoxy) is 5. The van der Waals surface area contributed by atoms with Gasteiger partial charge in [-0.1, -0.05) is 26.0 Å². The van der Waals surface area contributed by atoms with E-state index in [1.54, 1.807) is 40.6 Å². The van der Waals surface area contributed by atoms with Gasteiger partial charge in [-0.15, -0.1) is 0 Å². The first-order chi connectivity index (χ1) is 22.1. The number of carbonyl (C=O) groups excluding carboxylic acids is 2. The first kappa shape index (κ1) is 34.0. The van der Waals surface area contributed by atoms with Crippen LogP contribution in [0.25, 0.3) is 11.1 Å². The predicted molar refractivity (Wildman–Crippen MR) is 176 cm³/mol. The highest BCUT2D eigenvalue weighted by Gasteiger charge is 2.29. The topological polar surface area (TPSA) is 133 Å². The summed E-state index contributed by atoms with van der Waals surface area (Å²) in [4.78, 5) is 39.0. The maximum absolute atomic E-state index is 13.6. The van der Waals surface area contributed by atoms with Crippen molar-refractivity contribution >= 4 is 17.5 Å². The SMILES string of the molecule is COc1ccc([C@H](NC(=O)CNc2ccc3c(cc2=O)[C@@H](NC(C)=O)CCc2cc(OC)c(OC)c(OC)c2-3)C(C)C)cc1OC. The van der Waals surface area contributed by atoms with Crippen molar-refractivity contribution in [3.05, 3.63) is 69.4 Å². The second kappa shape index (κ2) is 14.9. The van der Waals surface area contributed by atoms with Gasteiger partial charge >= 0.3 is 0 Å². The number of rotatable bonds is 12. The van der Waals surface area contributed by atoms with Crippen molar-refractivity contribution in [1.29, 1.82) is 0 Å². The van der Waals surface area contributed by atoms with Crippen LogP contribution in [0, 0.1) is 5.92 Å². The smallest absolute Gasteiger partial charge is 0.239 e. The van der Waals surface area contributed by atoms with Gasteiger partial charge in [0.05, 0.1) is 59.9 Å². The Labute approximate surface area is 269 Å². The van der Waals surface area contributed by atoms with E-state index in [4.69, 9.17) is 23.7 Å². The van der Waals surface area contributed by atoms with E-state index in [9.17, 15) is 14.4 Å². The maximum Gasteiger partial charge on any atom is 0.239 e. The number of methoxy groups -OCH3 is 5. The summed E-state index contributed by atoms with van der Waals surface area (Å²) in [6, 6.07) is 11.7. The van der Waals surface area contributed by atoms with E-state index in [1.165, 1.54) is 20.1 Å². The number of carbonyl (C=O) groups is 2. The largest absolute Gasteiger partial charge is 0.493 e. The van der Waals surface area contributed by atoms with Crippen molar-refractivity contribution in [3.63, 3.8) is 0 Å². The minimum Gasteiger partial charge on any atom is -0.493 e. The van der Waals surface area contributed by atoms with Crippen molar-refractivity contribution in [2.45, 2.75) is 45.7 Å². The van der Waals surface area contributed by atoms with Gasteiger partial charge in [0.1, 0.15) is 0 Å². The number of anilines is 1. The van der Waals surface area contributed by atoms with E-state index < -0.39 is 6.04 Å². The normalized spacial score (nSPS) is 14.2. The average Bonchev–Trinajstić information content (AvgIpc) is 3.29. The highest BCUT2D eigenvalue weighted by molar-refractivity contribution is 5.84. The molecular weight excluding hydrogens is 590 g/mol. The van der Waals surface area contributed by atoms with Crippen molar-refractivity contribution < 1.29 is 33.3 Å². The molecule has 246 valence electrons. The minimum atomic E-state index is -0.439.